The number of carboxylic acid groups (broad SMARTS) is 1. The van der Waals surface area contributed by atoms with Crippen LogP contribution in [0.4, 0.5) is 23.9 Å². The molecule has 0 fully saturated rings. The maximum atomic E-state index is 12.6. The molecule has 0 spiro atoms. The molecule has 4 N–H and O–H groups in total. The van der Waals surface area contributed by atoms with Gasteiger partial charge in [0.25, 0.3) is 0 Å². The zero-order valence-corrected chi connectivity index (χ0v) is 13.6. The van der Waals surface area contributed by atoms with Crippen molar-refractivity contribution in [2.24, 2.45) is 5.92 Å². The van der Waals surface area contributed by atoms with Crippen LogP contribution in [0.25, 0.3) is 0 Å². The Bertz CT molecular complexity index is 583. The second-order valence-electron chi connectivity index (χ2n) is 5.26. The van der Waals surface area contributed by atoms with Gasteiger partial charge in [-0.1, -0.05) is 26.2 Å². The lowest BCUT2D eigenvalue weighted by Gasteiger charge is -2.17. The fourth-order valence-electron chi connectivity index (χ4n) is 1.97. The van der Waals surface area contributed by atoms with Crippen LogP contribution in [-0.2, 0) is 11.0 Å². The first-order valence-corrected chi connectivity index (χ1v) is 7.67. The smallest absolute Gasteiger partial charge is 0.433 e. The molecular formula is C14H20F3N5O3. The highest BCUT2D eigenvalue weighted by molar-refractivity contribution is 5.80. The molecule has 1 unspecified atom stereocenters. The van der Waals surface area contributed by atoms with Crippen LogP contribution in [0.3, 0.4) is 0 Å². The van der Waals surface area contributed by atoms with Crippen molar-refractivity contribution in [3.05, 3.63) is 18.0 Å². The number of hydrogen-bond donors (Lipinski definition) is 4. The third kappa shape index (κ3) is 7.68. The molecule has 8 nitrogen and oxygen atoms in total. The highest BCUT2D eigenvalue weighted by atomic mass is 19.4. The third-order valence-corrected chi connectivity index (χ3v) is 3.27. The first-order chi connectivity index (χ1) is 11.7. The van der Waals surface area contributed by atoms with E-state index in [0.717, 1.165) is 25.5 Å². The van der Waals surface area contributed by atoms with Gasteiger partial charge in [0.05, 0.1) is 5.92 Å². The lowest BCUT2D eigenvalue weighted by molar-refractivity contribution is -0.141. The van der Waals surface area contributed by atoms with E-state index in [4.69, 9.17) is 5.11 Å². The Morgan fingerprint density at radius 2 is 2.04 bits per heavy atom. The zero-order chi connectivity index (χ0) is 18.9. The van der Waals surface area contributed by atoms with Gasteiger partial charge in [0, 0.05) is 12.7 Å². The van der Waals surface area contributed by atoms with Crippen LogP contribution in [0.5, 0.6) is 0 Å². The summed E-state index contributed by atoms with van der Waals surface area (Å²) < 4.78 is 37.7. The summed E-state index contributed by atoms with van der Waals surface area (Å²) in [7, 11) is 0. The summed E-state index contributed by atoms with van der Waals surface area (Å²) in [6, 6.07) is 0.706. The summed E-state index contributed by atoms with van der Waals surface area (Å²) in [4.78, 5) is 29.5. The number of aromatic nitrogens is 2. The molecule has 0 saturated heterocycles. The number of nitrogens with one attached hydrogen (secondary N) is 3. The van der Waals surface area contributed by atoms with Crippen molar-refractivity contribution < 1.29 is 27.9 Å². The van der Waals surface area contributed by atoms with Gasteiger partial charge in [-0.2, -0.15) is 13.2 Å². The predicted octanol–water partition coefficient (Wildman–Crippen LogP) is 2.40. The number of anilines is 1. The van der Waals surface area contributed by atoms with Gasteiger partial charge in [-0.3, -0.25) is 15.6 Å². The Morgan fingerprint density at radius 3 is 2.64 bits per heavy atom. The average Bonchev–Trinajstić information content (AvgIpc) is 2.55. The van der Waals surface area contributed by atoms with Crippen molar-refractivity contribution in [1.29, 1.82) is 0 Å². The number of unbranched alkanes of at least 4 members (excludes halogenated alkanes) is 2. The van der Waals surface area contributed by atoms with Crippen LogP contribution in [-0.4, -0.2) is 33.6 Å². The molecular weight excluding hydrogens is 343 g/mol. The minimum Gasteiger partial charge on any atom is -0.465 e. The summed E-state index contributed by atoms with van der Waals surface area (Å²) in [6.45, 7) is 1.88. The van der Waals surface area contributed by atoms with Crippen LogP contribution in [0, 0.1) is 5.92 Å². The fraction of sp³-hybridized carbons (Fsp3) is 0.571. The molecule has 1 rings (SSSR count). The first kappa shape index (κ1) is 20.5. The number of rotatable bonds is 9. The maximum absolute atomic E-state index is 12.6. The van der Waals surface area contributed by atoms with E-state index < -0.39 is 35.7 Å². The highest BCUT2D eigenvalue weighted by Crippen LogP contribution is 2.27. The topological polar surface area (TPSA) is 116 Å². The van der Waals surface area contributed by atoms with Gasteiger partial charge in [-0.25, -0.2) is 14.8 Å². The number of nitrogens with zero attached hydrogens (tertiary/aromatic N) is 2. The minimum absolute atomic E-state index is 0.101. The molecule has 1 aromatic rings. The minimum atomic E-state index is -4.63. The number of halogens is 3. The molecule has 0 radical (unpaired) electrons. The Hall–Kier alpha value is -2.59. The molecule has 140 valence electrons. The standard InChI is InChI=1S/C14H20F3N5O3/c1-2-3-4-5-9(8-19-13(24)25)11(23)21-22-12-18-7-6-10(20-12)14(15,16)17/h6-7,9,19H,2-5,8H2,1H3,(H,21,23)(H,24,25)(H,18,20,22). The van der Waals surface area contributed by atoms with Crippen molar-refractivity contribution in [3.8, 4) is 0 Å². The van der Waals surface area contributed by atoms with Gasteiger partial charge >= 0.3 is 12.3 Å². The van der Waals surface area contributed by atoms with Crippen LogP contribution < -0.4 is 16.2 Å². The van der Waals surface area contributed by atoms with Crippen molar-refractivity contribution in [3.63, 3.8) is 0 Å². The van der Waals surface area contributed by atoms with E-state index >= 15 is 0 Å². The second-order valence-corrected chi connectivity index (χ2v) is 5.26. The molecule has 0 saturated carbocycles. The third-order valence-electron chi connectivity index (χ3n) is 3.27. The highest BCUT2D eigenvalue weighted by Gasteiger charge is 2.32. The Labute approximate surface area is 142 Å². The van der Waals surface area contributed by atoms with Gasteiger partial charge in [0.15, 0.2) is 0 Å². The molecule has 0 aromatic carbocycles. The number of alkyl halides is 3. The molecule has 1 atom stereocenters. The van der Waals surface area contributed by atoms with E-state index in [1.807, 2.05) is 6.92 Å². The van der Waals surface area contributed by atoms with Crippen molar-refractivity contribution in [1.82, 2.24) is 20.7 Å². The summed E-state index contributed by atoms with van der Waals surface area (Å²) in [5, 5.41) is 10.8. The summed E-state index contributed by atoms with van der Waals surface area (Å²) in [6.07, 6.45) is -2.02. The van der Waals surface area contributed by atoms with E-state index in [9.17, 15) is 22.8 Å². The van der Waals surface area contributed by atoms with Crippen LogP contribution >= 0.6 is 0 Å². The Balaban J connectivity index is 2.64. The van der Waals surface area contributed by atoms with Crippen molar-refractivity contribution in [2.45, 2.75) is 38.8 Å². The normalized spacial score (nSPS) is 12.3. The van der Waals surface area contributed by atoms with Crippen molar-refractivity contribution >= 4 is 17.9 Å². The largest absolute Gasteiger partial charge is 0.465 e. The van der Waals surface area contributed by atoms with Gasteiger partial charge in [0.2, 0.25) is 11.9 Å². The summed E-state index contributed by atoms with van der Waals surface area (Å²) in [5.41, 5.74) is 3.29. The Morgan fingerprint density at radius 1 is 1.32 bits per heavy atom. The number of hydrogen-bond acceptors (Lipinski definition) is 5. The van der Waals surface area contributed by atoms with Crippen LogP contribution in [0.2, 0.25) is 0 Å². The molecule has 1 heterocycles. The van der Waals surface area contributed by atoms with E-state index in [1.165, 1.54) is 0 Å². The number of amides is 2. The number of hydrazine groups is 1. The maximum Gasteiger partial charge on any atom is 0.433 e. The van der Waals surface area contributed by atoms with Crippen LogP contribution in [0.1, 0.15) is 38.3 Å². The molecule has 0 bridgehead atoms. The average molecular weight is 363 g/mol. The molecule has 25 heavy (non-hydrogen) atoms. The number of carbonyl (C=O) groups excluding carboxylic acids is 1. The Kier molecular flexibility index (Phi) is 7.89. The monoisotopic (exact) mass is 363 g/mol. The fourth-order valence-corrected chi connectivity index (χ4v) is 1.97. The molecule has 11 heteroatoms. The van der Waals surface area contributed by atoms with Gasteiger partial charge in [-0.05, 0) is 12.5 Å². The second kappa shape index (κ2) is 9.64. The van der Waals surface area contributed by atoms with E-state index in [-0.39, 0.29) is 6.54 Å². The predicted molar refractivity (Wildman–Crippen MR) is 82.5 cm³/mol. The van der Waals surface area contributed by atoms with Gasteiger partial charge in [-0.15, -0.1) is 0 Å². The summed E-state index contributed by atoms with van der Waals surface area (Å²) >= 11 is 0. The van der Waals surface area contributed by atoms with Gasteiger partial charge < -0.3 is 10.4 Å². The van der Waals surface area contributed by atoms with Gasteiger partial charge in [0.1, 0.15) is 5.69 Å². The lowest BCUT2D eigenvalue weighted by Crippen LogP contribution is -2.41. The molecule has 1 aromatic heterocycles. The summed E-state index contributed by atoms with van der Waals surface area (Å²) in [5.74, 6) is -1.64. The van der Waals surface area contributed by atoms with Crippen LogP contribution in [0.15, 0.2) is 12.3 Å². The molecule has 2 amide bonds. The molecule has 0 aliphatic heterocycles. The number of carbonyl (C=O) groups is 2. The molecule has 0 aliphatic rings. The first-order valence-electron chi connectivity index (χ1n) is 7.67. The molecule has 0 aliphatic carbocycles. The quantitative estimate of drug-likeness (QED) is 0.395. The van der Waals surface area contributed by atoms with Crippen molar-refractivity contribution in [2.75, 3.05) is 12.0 Å². The zero-order valence-electron chi connectivity index (χ0n) is 13.6. The lowest BCUT2D eigenvalue weighted by atomic mass is 10.0. The van der Waals surface area contributed by atoms with E-state index in [2.05, 4.69) is 26.1 Å². The SMILES string of the molecule is CCCCCC(CNC(=O)O)C(=O)NNc1nccc(C(F)(F)F)n1. The van der Waals surface area contributed by atoms with E-state index in [0.29, 0.717) is 12.5 Å². The van der Waals surface area contributed by atoms with E-state index in [1.54, 1.807) is 0 Å².